The summed E-state index contributed by atoms with van der Waals surface area (Å²) in [6, 6.07) is 5.11. The number of ether oxygens (including phenoxy) is 1. The van der Waals surface area contributed by atoms with Gasteiger partial charge in [-0.3, -0.25) is 4.79 Å². The number of unbranched alkanes of at least 4 members (excludes halogenated alkanes) is 3. The summed E-state index contributed by atoms with van der Waals surface area (Å²) in [6.07, 6.45) is 12.1. The molecule has 0 saturated heterocycles. The average Bonchev–Trinajstić information content (AvgIpc) is 2.49. The number of hydrogen-bond donors (Lipinski definition) is 1. The smallest absolute Gasteiger partial charge is 0.161 e. The van der Waals surface area contributed by atoms with Crippen LogP contribution in [0.1, 0.15) is 44.6 Å². The molecule has 0 fully saturated rings. The lowest BCUT2D eigenvalue weighted by Crippen LogP contribution is -1.91. The first kappa shape index (κ1) is 17.0. The first-order valence-electron chi connectivity index (χ1n) is 7.42. The van der Waals surface area contributed by atoms with Gasteiger partial charge in [0.15, 0.2) is 17.3 Å². The van der Waals surface area contributed by atoms with Crippen molar-refractivity contribution in [2.24, 2.45) is 0 Å². The highest BCUT2D eigenvalue weighted by Gasteiger charge is 2.00. The molecule has 0 amide bonds. The number of carbonyl (C=O) groups excluding carboxylic acids is 1. The van der Waals surface area contributed by atoms with Gasteiger partial charge in [0.05, 0.1) is 7.11 Å². The number of phenolic OH excluding ortho intramolecular Hbond substituents is 1. The maximum Gasteiger partial charge on any atom is 0.161 e. The van der Waals surface area contributed by atoms with E-state index in [2.05, 4.69) is 6.92 Å². The molecule has 21 heavy (non-hydrogen) atoms. The van der Waals surface area contributed by atoms with Crippen LogP contribution in [-0.4, -0.2) is 18.0 Å². The van der Waals surface area contributed by atoms with Crippen LogP contribution in [0.4, 0.5) is 0 Å². The molecular formula is C18H24O3. The van der Waals surface area contributed by atoms with Gasteiger partial charge in [-0.25, -0.2) is 0 Å². The molecule has 0 unspecified atom stereocenters. The lowest BCUT2D eigenvalue weighted by atomic mass is 10.1. The molecule has 0 radical (unpaired) electrons. The van der Waals surface area contributed by atoms with Crippen LogP contribution in [0.2, 0.25) is 0 Å². The molecule has 0 atom stereocenters. The lowest BCUT2D eigenvalue weighted by Gasteiger charge is -2.03. The summed E-state index contributed by atoms with van der Waals surface area (Å²) < 4.78 is 5.04. The Morgan fingerprint density at radius 1 is 1.24 bits per heavy atom. The van der Waals surface area contributed by atoms with Crippen molar-refractivity contribution in [3.63, 3.8) is 0 Å². The minimum Gasteiger partial charge on any atom is -0.504 e. The summed E-state index contributed by atoms with van der Waals surface area (Å²) in [7, 11) is 1.51. The number of aromatic hydroxyl groups is 1. The molecule has 0 aliphatic rings. The summed E-state index contributed by atoms with van der Waals surface area (Å²) in [5.74, 6) is 0.722. The molecule has 0 saturated carbocycles. The van der Waals surface area contributed by atoms with Gasteiger partial charge in [0.25, 0.3) is 0 Å². The second-order valence-electron chi connectivity index (χ2n) is 4.93. The molecule has 3 heteroatoms. The normalized spacial score (nSPS) is 11.3. The first-order valence-corrected chi connectivity index (χ1v) is 7.42. The number of benzene rings is 1. The zero-order valence-corrected chi connectivity index (χ0v) is 12.8. The second kappa shape index (κ2) is 9.81. The third-order valence-corrected chi connectivity index (χ3v) is 3.16. The van der Waals surface area contributed by atoms with Crippen molar-refractivity contribution < 1.29 is 14.6 Å². The number of allylic oxidation sites excluding steroid dienone is 3. The highest BCUT2D eigenvalue weighted by Crippen LogP contribution is 2.26. The number of phenols is 1. The van der Waals surface area contributed by atoms with Gasteiger partial charge < -0.3 is 9.84 Å². The number of carbonyl (C=O) groups is 1. The van der Waals surface area contributed by atoms with E-state index < -0.39 is 0 Å². The highest BCUT2D eigenvalue weighted by atomic mass is 16.5. The van der Waals surface area contributed by atoms with Gasteiger partial charge in [-0.15, -0.1) is 0 Å². The first-order chi connectivity index (χ1) is 10.2. The molecule has 0 aliphatic heterocycles. The second-order valence-corrected chi connectivity index (χ2v) is 4.93. The van der Waals surface area contributed by atoms with Crippen LogP contribution in [0.3, 0.4) is 0 Å². The fourth-order valence-electron chi connectivity index (χ4n) is 1.94. The fraction of sp³-hybridized carbons (Fsp3) is 0.389. The van der Waals surface area contributed by atoms with Gasteiger partial charge in [-0.1, -0.05) is 50.5 Å². The van der Waals surface area contributed by atoms with E-state index in [9.17, 15) is 9.90 Å². The minimum absolute atomic E-state index is 0.118. The van der Waals surface area contributed by atoms with Gasteiger partial charge >= 0.3 is 0 Å². The minimum atomic E-state index is 0.118. The summed E-state index contributed by atoms with van der Waals surface area (Å²) >= 11 is 0. The molecule has 0 aliphatic carbocycles. The van der Waals surface area contributed by atoms with Crippen LogP contribution in [0.15, 0.2) is 36.4 Å². The Labute approximate surface area is 127 Å². The van der Waals surface area contributed by atoms with E-state index in [1.54, 1.807) is 30.4 Å². The largest absolute Gasteiger partial charge is 0.504 e. The summed E-state index contributed by atoms with van der Waals surface area (Å²) in [5, 5.41) is 9.49. The maximum atomic E-state index is 11.6. The van der Waals surface area contributed by atoms with E-state index in [4.69, 9.17) is 4.74 Å². The third kappa shape index (κ3) is 6.80. The van der Waals surface area contributed by atoms with E-state index in [1.807, 2.05) is 12.2 Å². The summed E-state index contributed by atoms with van der Waals surface area (Å²) in [4.78, 5) is 11.6. The zero-order valence-electron chi connectivity index (χ0n) is 12.8. The summed E-state index contributed by atoms with van der Waals surface area (Å²) in [5.41, 5.74) is 0.907. The Morgan fingerprint density at radius 3 is 2.76 bits per heavy atom. The van der Waals surface area contributed by atoms with Gasteiger partial charge in [0, 0.05) is 6.42 Å². The van der Waals surface area contributed by atoms with Crippen LogP contribution in [-0.2, 0) is 4.79 Å². The third-order valence-electron chi connectivity index (χ3n) is 3.16. The Balaban J connectivity index is 2.43. The van der Waals surface area contributed by atoms with Gasteiger partial charge in [0.2, 0.25) is 0 Å². The van der Waals surface area contributed by atoms with Crippen molar-refractivity contribution in [2.75, 3.05) is 7.11 Å². The molecule has 0 heterocycles. The Hall–Kier alpha value is -2.03. The number of rotatable bonds is 9. The fourth-order valence-corrected chi connectivity index (χ4v) is 1.94. The van der Waals surface area contributed by atoms with Crippen molar-refractivity contribution in [2.45, 2.75) is 39.0 Å². The number of methoxy groups -OCH3 is 1. The van der Waals surface area contributed by atoms with Crippen molar-refractivity contribution in [1.29, 1.82) is 0 Å². The van der Waals surface area contributed by atoms with Crippen LogP contribution in [0.5, 0.6) is 11.5 Å². The molecule has 0 bridgehead atoms. The monoisotopic (exact) mass is 288 g/mol. The molecule has 114 valence electrons. The van der Waals surface area contributed by atoms with Crippen molar-refractivity contribution in [3.05, 3.63) is 42.0 Å². The predicted molar refractivity (Wildman–Crippen MR) is 86.6 cm³/mol. The van der Waals surface area contributed by atoms with Crippen LogP contribution in [0.25, 0.3) is 6.08 Å². The quantitative estimate of drug-likeness (QED) is 0.413. The Bertz CT molecular complexity index is 501. The van der Waals surface area contributed by atoms with Crippen LogP contribution >= 0.6 is 0 Å². The number of hydrogen-bond acceptors (Lipinski definition) is 3. The lowest BCUT2D eigenvalue weighted by molar-refractivity contribution is -0.114. The van der Waals surface area contributed by atoms with Crippen LogP contribution in [0, 0.1) is 0 Å². The van der Waals surface area contributed by atoms with Gasteiger partial charge in [0.1, 0.15) is 0 Å². The molecule has 1 aromatic rings. The molecule has 0 aromatic heterocycles. The van der Waals surface area contributed by atoms with Gasteiger partial charge in [-0.05, 0) is 30.2 Å². The van der Waals surface area contributed by atoms with E-state index in [-0.39, 0.29) is 11.5 Å². The maximum absolute atomic E-state index is 11.6. The summed E-state index contributed by atoms with van der Waals surface area (Å²) in [6.45, 7) is 2.16. The molecule has 0 spiro atoms. The van der Waals surface area contributed by atoms with Crippen molar-refractivity contribution in [3.8, 4) is 11.5 Å². The molecule has 1 rings (SSSR count). The van der Waals surface area contributed by atoms with Crippen molar-refractivity contribution >= 4 is 11.9 Å². The van der Waals surface area contributed by atoms with Gasteiger partial charge in [-0.2, -0.15) is 0 Å². The van der Waals surface area contributed by atoms with E-state index in [1.165, 1.54) is 20.0 Å². The topological polar surface area (TPSA) is 46.5 Å². The zero-order chi connectivity index (χ0) is 15.5. The molecule has 3 nitrogen and oxygen atoms in total. The SMILES string of the molecule is CCCCCCC(=O)C=CC=Cc1ccc(O)c(OC)c1. The Morgan fingerprint density at radius 2 is 2.05 bits per heavy atom. The van der Waals surface area contributed by atoms with Crippen molar-refractivity contribution in [1.82, 2.24) is 0 Å². The van der Waals surface area contributed by atoms with E-state index >= 15 is 0 Å². The van der Waals surface area contributed by atoms with E-state index in [0.717, 1.165) is 18.4 Å². The molecular weight excluding hydrogens is 264 g/mol. The molecule has 1 aromatic carbocycles. The predicted octanol–water partition coefficient (Wildman–Crippen LogP) is 4.51. The highest BCUT2D eigenvalue weighted by molar-refractivity contribution is 5.89. The molecule has 1 N–H and O–H groups in total. The van der Waals surface area contributed by atoms with E-state index in [0.29, 0.717) is 12.2 Å². The average molecular weight is 288 g/mol. The Kier molecular flexibility index (Phi) is 7.95. The van der Waals surface area contributed by atoms with Crippen LogP contribution < -0.4 is 4.74 Å². The number of ketones is 1. The standard InChI is InChI=1S/C18H24O3/c1-3-4-5-6-10-16(19)11-8-7-9-15-12-13-17(20)18(14-15)21-2/h7-9,11-14,20H,3-6,10H2,1-2H3.